The zero-order chi connectivity index (χ0) is 33.5. The van der Waals surface area contributed by atoms with Gasteiger partial charge in [0.05, 0.1) is 30.6 Å². The number of hydrogen-bond donors (Lipinski definition) is 1. The van der Waals surface area contributed by atoms with E-state index in [0.29, 0.717) is 43.8 Å². The molecule has 2 bridgehead atoms. The van der Waals surface area contributed by atoms with Crippen LogP contribution in [0.15, 0.2) is 48.6 Å². The largest absolute Gasteiger partial charge is 0.490 e. The Bertz CT molecular complexity index is 1640. The monoisotopic (exact) mass is 698 g/mol. The molecule has 3 aliphatic heterocycles. The van der Waals surface area contributed by atoms with Crippen LogP contribution < -0.4 is 14.4 Å². The quantitative estimate of drug-likeness (QED) is 0.399. The molecule has 3 heterocycles. The van der Waals surface area contributed by atoms with E-state index in [1.165, 1.54) is 18.2 Å². The Morgan fingerprint density at radius 2 is 1.96 bits per heavy atom. The van der Waals surface area contributed by atoms with E-state index >= 15 is 0 Å². The third-order valence-electron chi connectivity index (χ3n) is 11.5. The zero-order valence-corrected chi connectivity index (χ0v) is 29.4. The van der Waals surface area contributed by atoms with Gasteiger partial charge in [0.15, 0.2) is 0 Å². The van der Waals surface area contributed by atoms with Crippen molar-refractivity contribution in [2.75, 3.05) is 45.4 Å². The van der Waals surface area contributed by atoms with Gasteiger partial charge >= 0.3 is 0 Å². The van der Waals surface area contributed by atoms with Crippen LogP contribution in [0.2, 0.25) is 5.02 Å². The molecule has 0 aromatic heterocycles. The van der Waals surface area contributed by atoms with Gasteiger partial charge in [0.25, 0.3) is 5.91 Å². The minimum absolute atomic E-state index is 0.109. The highest BCUT2D eigenvalue weighted by Crippen LogP contribution is 2.47. The summed E-state index contributed by atoms with van der Waals surface area (Å²) < 4.78 is 54.8. The Balaban J connectivity index is 1.28. The zero-order valence-electron chi connectivity index (χ0n) is 27.9. The van der Waals surface area contributed by atoms with Crippen molar-refractivity contribution in [3.8, 4) is 5.75 Å². The molecule has 11 heteroatoms. The maximum absolute atomic E-state index is 14.0. The molecule has 260 valence electrons. The summed E-state index contributed by atoms with van der Waals surface area (Å²) in [6.45, 7) is 2.60. The highest BCUT2D eigenvalue weighted by Gasteiger charge is 2.45. The second-order valence-corrected chi connectivity index (χ2v) is 16.6. The Hall–Kier alpha value is -2.63. The summed E-state index contributed by atoms with van der Waals surface area (Å²) in [6.07, 6.45) is 10.5. The fourth-order valence-corrected chi connectivity index (χ4v) is 10.6. The summed E-state index contributed by atoms with van der Waals surface area (Å²) in [4.78, 5) is 16.2. The molecule has 1 spiro atoms. The van der Waals surface area contributed by atoms with Crippen LogP contribution in [0.3, 0.4) is 0 Å². The normalized spacial score (nSPS) is 33.8. The van der Waals surface area contributed by atoms with Crippen LogP contribution in [0.25, 0.3) is 0 Å². The van der Waals surface area contributed by atoms with E-state index in [9.17, 15) is 13.2 Å². The van der Waals surface area contributed by atoms with Crippen LogP contribution >= 0.6 is 11.6 Å². The lowest BCUT2D eigenvalue weighted by molar-refractivity contribution is 0.0128. The SMILES string of the molecule is CO[C@H]1/C=C/C[C@@H](OC)[C@H](C[C@@H]2CCCO2)S(=O)(=O)NC(=O)c2ccc3c(c2)N(C[C@@H]2CC[C@H]21)C[C@@]1(CCCc2cc(Cl)ccc21)CO3. The average molecular weight is 699 g/mol. The molecule has 9 nitrogen and oxygen atoms in total. The number of aryl methyl sites for hydroxylation is 1. The van der Waals surface area contributed by atoms with Crippen molar-refractivity contribution in [3.05, 3.63) is 70.3 Å². The number of sulfonamides is 1. The minimum Gasteiger partial charge on any atom is -0.490 e. The molecule has 1 saturated heterocycles. The first-order valence-electron chi connectivity index (χ1n) is 17.4. The number of anilines is 1. The van der Waals surface area contributed by atoms with E-state index in [2.05, 4.69) is 27.8 Å². The third-order valence-corrected chi connectivity index (χ3v) is 13.5. The van der Waals surface area contributed by atoms with Crippen molar-refractivity contribution in [2.24, 2.45) is 11.8 Å². The van der Waals surface area contributed by atoms with Gasteiger partial charge in [-0.15, -0.1) is 0 Å². The highest BCUT2D eigenvalue weighted by atomic mass is 35.5. The maximum Gasteiger partial charge on any atom is 0.264 e. The molecule has 48 heavy (non-hydrogen) atoms. The molecule has 7 atom stereocenters. The molecule has 0 radical (unpaired) electrons. The van der Waals surface area contributed by atoms with Crippen molar-refractivity contribution in [1.82, 2.24) is 4.72 Å². The van der Waals surface area contributed by atoms with Crippen molar-refractivity contribution in [3.63, 3.8) is 0 Å². The number of nitrogens with one attached hydrogen (secondary N) is 1. The van der Waals surface area contributed by atoms with Gasteiger partial charge in [-0.25, -0.2) is 13.1 Å². The molecule has 1 amide bonds. The molecule has 2 aromatic carbocycles. The van der Waals surface area contributed by atoms with Gasteiger partial charge in [-0.1, -0.05) is 29.8 Å². The fraction of sp³-hybridized carbons (Fsp3) is 0.595. The van der Waals surface area contributed by atoms with Crippen molar-refractivity contribution < 1.29 is 32.2 Å². The molecule has 2 fully saturated rings. The van der Waals surface area contributed by atoms with E-state index in [1.54, 1.807) is 19.2 Å². The van der Waals surface area contributed by atoms with Gasteiger partial charge in [-0.2, -0.15) is 0 Å². The van der Waals surface area contributed by atoms with Crippen LogP contribution in [-0.4, -0.2) is 78.4 Å². The third kappa shape index (κ3) is 6.63. The first kappa shape index (κ1) is 33.8. The van der Waals surface area contributed by atoms with Crippen molar-refractivity contribution >= 4 is 33.2 Å². The minimum atomic E-state index is -4.15. The van der Waals surface area contributed by atoms with Gasteiger partial charge in [0.1, 0.15) is 11.0 Å². The van der Waals surface area contributed by atoms with Crippen molar-refractivity contribution in [1.29, 1.82) is 0 Å². The predicted molar refractivity (Wildman–Crippen MR) is 186 cm³/mol. The number of rotatable bonds is 4. The van der Waals surface area contributed by atoms with E-state index in [-0.39, 0.29) is 29.6 Å². The molecule has 2 aromatic rings. The number of methoxy groups -OCH3 is 2. The summed E-state index contributed by atoms with van der Waals surface area (Å²) in [6, 6.07) is 11.5. The predicted octanol–water partition coefficient (Wildman–Crippen LogP) is 5.83. The average Bonchev–Trinajstić information content (AvgIpc) is 3.53. The summed E-state index contributed by atoms with van der Waals surface area (Å²) in [5, 5.41) is -0.241. The summed E-state index contributed by atoms with van der Waals surface area (Å²) in [5.74, 6) is 0.708. The van der Waals surface area contributed by atoms with Gasteiger partial charge in [0.2, 0.25) is 10.0 Å². The van der Waals surface area contributed by atoms with Gasteiger partial charge in [0, 0.05) is 49.9 Å². The summed E-state index contributed by atoms with van der Waals surface area (Å²) >= 11 is 6.44. The van der Waals surface area contributed by atoms with E-state index < -0.39 is 27.3 Å². The molecular weight excluding hydrogens is 652 g/mol. The van der Waals surface area contributed by atoms with Crippen LogP contribution in [0.4, 0.5) is 5.69 Å². The number of halogens is 1. The molecule has 0 unspecified atom stereocenters. The molecule has 5 aliphatic rings. The Kier molecular flexibility index (Phi) is 9.83. The van der Waals surface area contributed by atoms with Crippen LogP contribution in [0.5, 0.6) is 5.75 Å². The lowest BCUT2D eigenvalue weighted by atomic mass is 9.68. The smallest absolute Gasteiger partial charge is 0.264 e. The molecule has 1 saturated carbocycles. The van der Waals surface area contributed by atoms with Crippen LogP contribution in [0, 0.1) is 11.8 Å². The molecule has 7 rings (SSSR count). The van der Waals surface area contributed by atoms with Crippen LogP contribution in [-0.2, 0) is 36.1 Å². The topological polar surface area (TPSA) is 103 Å². The number of amides is 1. The lowest BCUT2D eigenvalue weighted by Crippen LogP contribution is -2.49. The van der Waals surface area contributed by atoms with Crippen molar-refractivity contribution in [2.45, 2.75) is 86.8 Å². The number of hydrogen-bond acceptors (Lipinski definition) is 8. The van der Waals surface area contributed by atoms with Gasteiger partial charge in [-0.3, -0.25) is 4.79 Å². The molecule has 2 aliphatic carbocycles. The number of ether oxygens (including phenoxy) is 4. The van der Waals surface area contributed by atoms with E-state index in [4.69, 9.17) is 30.5 Å². The maximum atomic E-state index is 14.0. The molecule has 1 N–H and O–H groups in total. The van der Waals surface area contributed by atoms with Gasteiger partial charge < -0.3 is 23.8 Å². The fourth-order valence-electron chi connectivity index (χ4n) is 8.77. The summed E-state index contributed by atoms with van der Waals surface area (Å²) in [7, 11) is -0.877. The number of fused-ring (bicyclic) bond motifs is 4. The number of benzene rings is 2. The number of carbonyl (C=O) groups is 1. The summed E-state index contributed by atoms with van der Waals surface area (Å²) in [5.41, 5.74) is 3.37. The van der Waals surface area contributed by atoms with E-state index in [0.717, 1.165) is 62.2 Å². The molecular formula is C37H47ClN2O7S. The second kappa shape index (κ2) is 13.9. The lowest BCUT2D eigenvalue weighted by Gasteiger charge is -2.46. The first-order valence-corrected chi connectivity index (χ1v) is 19.3. The standard InChI is InChI=1S/C37H47ClN2O7S/c1-44-32-8-3-9-34(45-2)35(20-28-7-5-17-46-28)48(42,43)39-36(41)25-11-15-33-31(19-25)40(21-26-10-13-29(26)32)22-37(23-47-33)16-4-6-24-18-27(38)12-14-30(24)37/h3,8,11-12,14-15,18-19,26,28-29,32,34-35H,4-7,9-10,13,16-17,20-23H2,1-2H3,(H,39,41)/b8-3+/t26-,28-,29+,32-,34+,35-,37-/m0/s1. The number of nitrogens with zero attached hydrogens (tertiary/aromatic N) is 1. The Morgan fingerprint density at radius 3 is 2.71 bits per heavy atom. The van der Waals surface area contributed by atoms with Crippen LogP contribution in [0.1, 0.15) is 72.9 Å². The Labute approximate surface area is 289 Å². The van der Waals surface area contributed by atoms with Gasteiger partial charge in [-0.05, 0) is 111 Å². The first-order chi connectivity index (χ1) is 23.2. The number of carbonyl (C=O) groups excluding carboxylic acids is 1. The van der Waals surface area contributed by atoms with E-state index in [1.807, 2.05) is 18.2 Å². The Morgan fingerprint density at radius 1 is 1.08 bits per heavy atom. The highest BCUT2D eigenvalue weighted by molar-refractivity contribution is 7.90. The second-order valence-electron chi connectivity index (χ2n) is 14.3.